The SMILES string of the molecule is CN=C(NCCCc1nc(C)no1)NCc1ccccc1F.I. The molecule has 1 aromatic carbocycles. The van der Waals surface area contributed by atoms with Gasteiger partial charge in [-0.05, 0) is 19.4 Å². The summed E-state index contributed by atoms with van der Waals surface area (Å²) in [6.07, 6.45) is 1.54. The molecule has 0 unspecified atom stereocenters. The lowest BCUT2D eigenvalue weighted by Crippen LogP contribution is -2.37. The third kappa shape index (κ3) is 6.51. The standard InChI is InChI=1S/C15H20FN5O.HI/c1-11-20-14(22-21-11)8-5-9-18-15(17-2)19-10-12-6-3-4-7-13(12)16;/h3-4,6-7H,5,8-10H2,1-2H3,(H2,17,18,19);1H. The molecule has 0 aliphatic heterocycles. The number of aryl methyl sites for hydroxylation is 2. The molecule has 8 heteroatoms. The number of aliphatic imine (C=N–C) groups is 1. The third-order valence-corrected chi connectivity index (χ3v) is 3.06. The number of halogens is 2. The molecule has 0 aliphatic carbocycles. The van der Waals surface area contributed by atoms with Crippen LogP contribution >= 0.6 is 24.0 Å². The van der Waals surface area contributed by atoms with Gasteiger partial charge in [-0.25, -0.2) is 4.39 Å². The number of nitrogens with zero attached hydrogens (tertiary/aromatic N) is 3. The van der Waals surface area contributed by atoms with Crippen molar-refractivity contribution in [2.24, 2.45) is 4.99 Å². The van der Waals surface area contributed by atoms with E-state index >= 15 is 0 Å². The van der Waals surface area contributed by atoms with Crippen molar-refractivity contribution in [2.45, 2.75) is 26.3 Å². The summed E-state index contributed by atoms with van der Waals surface area (Å²) in [5, 5.41) is 9.98. The van der Waals surface area contributed by atoms with Gasteiger partial charge in [-0.15, -0.1) is 24.0 Å². The van der Waals surface area contributed by atoms with Gasteiger partial charge in [0.25, 0.3) is 0 Å². The van der Waals surface area contributed by atoms with Gasteiger partial charge < -0.3 is 15.2 Å². The highest BCUT2D eigenvalue weighted by molar-refractivity contribution is 14.0. The molecule has 1 aromatic heterocycles. The molecule has 126 valence electrons. The van der Waals surface area contributed by atoms with Gasteiger partial charge >= 0.3 is 0 Å². The molecular weight excluding hydrogens is 412 g/mol. The van der Waals surface area contributed by atoms with E-state index in [9.17, 15) is 4.39 Å². The van der Waals surface area contributed by atoms with E-state index in [4.69, 9.17) is 4.52 Å². The first-order valence-corrected chi connectivity index (χ1v) is 7.16. The van der Waals surface area contributed by atoms with Crippen LogP contribution in [-0.4, -0.2) is 29.7 Å². The van der Waals surface area contributed by atoms with Crippen LogP contribution in [0.15, 0.2) is 33.8 Å². The zero-order valence-corrected chi connectivity index (χ0v) is 15.5. The molecule has 2 aromatic rings. The Morgan fingerprint density at radius 3 is 2.74 bits per heavy atom. The first kappa shape index (κ1) is 19.3. The quantitative estimate of drug-likeness (QED) is 0.317. The van der Waals surface area contributed by atoms with Crippen LogP contribution in [0.5, 0.6) is 0 Å². The Kier molecular flexibility index (Phi) is 8.52. The van der Waals surface area contributed by atoms with E-state index < -0.39 is 0 Å². The Morgan fingerprint density at radius 2 is 2.09 bits per heavy atom. The predicted molar refractivity (Wildman–Crippen MR) is 97.4 cm³/mol. The number of benzene rings is 1. The zero-order valence-electron chi connectivity index (χ0n) is 13.2. The van der Waals surface area contributed by atoms with E-state index in [1.165, 1.54) is 6.07 Å². The second-order valence-electron chi connectivity index (χ2n) is 4.78. The predicted octanol–water partition coefficient (Wildman–Crippen LogP) is 2.43. The van der Waals surface area contributed by atoms with E-state index in [-0.39, 0.29) is 29.8 Å². The summed E-state index contributed by atoms with van der Waals surface area (Å²) in [6, 6.07) is 6.67. The highest BCUT2D eigenvalue weighted by atomic mass is 127. The Balaban J connectivity index is 0.00000264. The van der Waals surface area contributed by atoms with E-state index in [2.05, 4.69) is 25.8 Å². The van der Waals surface area contributed by atoms with Crippen LogP contribution in [0.1, 0.15) is 23.7 Å². The van der Waals surface area contributed by atoms with Crippen LogP contribution in [0.2, 0.25) is 0 Å². The minimum absolute atomic E-state index is 0. The molecule has 0 radical (unpaired) electrons. The second kappa shape index (κ2) is 10.1. The average Bonchev–Trinajstić information content (AvgIpc) is 2.93. The van der Waals surface area contributed by atoms with Crippen molar-refractivity contribution in [2.75, 3.05) is 13.6 Å². The fourth-order valence-electron chi connectivity index (χ4n) is 1.93. The van der Waals surface area contributed by atoms with Gasteiger partial charge in [-0.1, -0.05) is 23.4 Å². The number of hydrogen-bond acceptors (Lipinski definition) is 4. The smallest absolute Gasteiger partial charge is 0.226 e. The normalized spacial score (nSPS) is 11.0. The van der Waals surface area contributed by atoms with Gasteiger partial charge in [-0.2, -0.15) is 4.98 Å². The Bertz CT molecular complexity index is 632. The van der Waals surface area contributed by atoms with Crippen molar-refractivity contribution in [1.82, 2.24) is 20.8 Å². The van der Waals surface area contributed by atoms with Crippen molar-refractivity contribution in [1.29, 1.82) is 0 Å². The zero-order chi connectivity index (χ0) is 15.8. The van der Waals surface area contributed by atoms with E-state index in [1.807, 2.05) is 6.07 Å². The summed E-state index contributed by atoms with van der Waals surface area (Å²) in [4.78, 5) is 8.24. The fourth-order valence-corrected chi connectivity index (χ4v) is 1.93. The number of hydrogen-bond donors (Lipinski definition) is 2. The summed E-state index contributed by atoms with van der Waals surface area (Å²) >= 11 is 0. The Hall–Kier alpha value is -1.71. The van der Waals surface area contributed by atoms with Crippen LogP contribution in [0.4, 0.5) is 4.39 Å². The van der Waals surface area contributed by atoms with Crippen molar-refractivity contribution in [3.63, 3.8) is 0 Å². The average molecular weight is 433 g/mol. The summed E-state index contributed by atoms with van der Waals surface area (Å²) in [7, 11) is 1.68. The van der Waals surface area contributed by atoms with Gasteiger partial charge in [0, 0.05) is 32.1 Å². The minimum Gasteiger partial charge on any atom is -0.356 e. The lowest BCUT2D eigenvalue weighted by atomic mass is 10.2. The van der Waals surface area contributed by atoms with Crippen LogP contribution in [0.3, 0.4) is 0 Å². The van der Waals surface area contributed by atoms with Crippen molar-refractivity contribution in [3.05, 3.63) is 47.4 Å². The topological polar surface area (TPSA) is 75.3 Å². The van der Waals surface area contributed by atoms with Crippen LogP contribution < -0.4 is 10.6 Å². The molecule has 1 heterocycles. The van der Waals surface area contributed by atoms with Crippen LogP contribution in [-0.2, 0) is 13.0 Å². The number of rotatable bonds is 6. The molecule has 2 rings (SSSR count). The number of guanidine groups is 1. The molecule has 0 aliphatic rings. The van der Waals surface area contributed by atoms with Crippen molar-refractivity contribution < 1.29 is 8.91 Å². The van der Waals surface area contributed by atoms with Gasteiger partial charge in [0.2, 0.25) is 5.89 Å². The first-order chi connectivity index (χ1) is 10.7. The maximum absolute atomic E-state index is 13.5. The lowest BCUT2D eigenvalue weighted by molar-refractivity contribution is 0.372. The molecule has 0 fully saturated rings. The summed E-state index contributed by atoms with van der Waals surface area (Å²) in [5.74, 6) is 1.68. The highest BCUT2D eigenvalue weighted by Gasteiger charge is 2.04. The van der Waals surface area contributed by atoms with Crippen molar-refractivity contribution in [3.8, 4) is 0 Å². The summed E-state index contributed by atoms with van der Waals surface area (Å²) < 4.78 is 18.6. The number of nitrogens with one attached hydrogen (secondary N) is 2. The van der Waals surface area contributed by atoms with Crippen LogP contribution in [0.25, 0.3) is 0 Å². The largest absolute Gasteiger partial charge is 0.356 e. The second-order valence-corrected chi connectivity index (χ2v) is 4.78. The summed E-state index contributed by atoms with van der Waals surface area (Å²) in [5.41, 5.74) is 0.604. The minimum atomic E-state index is -0.225. The molecule has 6 nitrogen and oxygen atoms in total. The van der Waals surface area contributed by atoms with E-state index in [0.29, 0.717) is 42.7 Å². The molecule has 2 N–H and O–H groups in total. The van der Waals surface area contributed by atoms with Crippen LogP contribution in [0, 0.1) is 12.7 Å². The molecule has 0 spiro atoms. The van der Waals surface area contributed by atoms with Gasteiger partial charge in [-0.3, -0.25) is 4.99 Å². The van der Waals surface area contributed by atoms with Gasteiger partial charge in [0.05, 0.1) is 0 Å². The van der Waals surface area contributed by atoms with Crippen molar-refractivity contribution >= 4 is 29.9 Å². The maximum Gasteiger partial charge on any atom is 0.226 e. The van der Waals surface area contributed by atoms with E-state index in [0.717, 1.165) is 6.42 Å². The monoisotopic (exact) mass is 433 g/mol. The molecule has 0 atom stereocenters. The molecule has 0 saturated carbocycles. The highest BCUT2D eigenvalue weighted by Crippen LogP contribution is 2.05. The Labute approximate surface area is 152 Å². The fraction of sp³-hybridized carbons (Fsp3) is 0.400. The maximum atomic E-state index is 13.5. The molecule has 0 amide bonds. The molecule has 0 bridgehead atoms. The Morgan fingerprint density at radius 1 is 1.30 bits per heavy atom. The van der Waals surface area contributed by atoms with Gasteiger partial charge in [0.1, 0.15) is 5.82 Å². The number of aromatic nitrogens is 2. The lowest BCUT2D eigenvalue weighted by Gasteiger charge is -2.11. The molecular formula is C15H21FIN5O. The first-order valence-electron chi connectivity index (χ1n) is 7.16. The van der Waals surface area contributed by atoms with Gasteiger partial charge in [0.15, 0.2) is 11.8 Å². The van der Waals surface area contributed by atoms with E-state index in [1.54, 1.807) is 26.1 Å². The molecule has 23 heavy (non-hydrogen) atoms. The summed E-state index contributed by atoms with van der Waals surface area (Å²) in [6.45, 7) is 2.88. The molecule has 0 saturated heterocycles. The third-order valence-electron chi connectivity index (χ3n) is 3.06.